The van der Waals surface area contributed by atoms with Crippen LogP contribution < -0.4 is 0 Å². The number of aryl methyl sites for hydroxylation is 2. The van der Waals surface area contributed by atoms with E-state index in [4.69, 9.17) is 4.42 Å². The number of aliphatic hydroxyl groups is 1. The maximum absolute atomic E-state index is 10.1. The molecule has 5 heteroatoms. The maximum Gasteiger partial charge on any atom is 0.151 e. The van der Waals surface area contributed by atoms with Gasteiger partial charge < -0.3 is 9.52 Å². The standard InChI is InChI=1S/C10H10BrNO2S/c1-5-10(15-6(2)12-5)8(13)9-7(11)3-4-14-9/h3-4,8,13H,1-2H3. The van der Waals surface area contributed by atoms with Gasteiger partial charge in [0.1, 0.15) is 6.10 Å². The van der Waals surface area contributed by atoms with Gasteiger partial charge in [-0.1, -0.05) is 0 Å². The Kier molecular flexibility index (Phi) is 2.95. The van der Waals surface area contributed by atoms with E-state index in [0.717, 1.165) is 20.1 Å². The molecule has 0 amide bonds. The molecule has 3 nitrogen and oxygen atoms in total. The molecule has 0 aliphatic carbocycles. The summed E-state index contributed by atoms with van der Waals surface area (Å²) < 4.78 is 6.00. The molecule has 0 fully saturated rings. The summed E-state index contributed by atoms with van der Waals surface area (Å²) in [6.07, 6.45) is 0.812. The number of hydrogen-bond donors (Lipinski definition) is 1. The minimum Gasteiger partial charge on any atom is -0.465 e. The number of aliphatic hydroxyl groups excluding tert-OH is 1. The number of thiazole rings is 1. The molecule has 80 valence electrons. The van der Waals surface area contributed by atoms with E-state index in [9.17, 15) is 5.11 Å². The summed E-state index contributed by atoms with van der Waals surface area (Å²) in [4.78, 5) is 5.11. The second-order valence-electron chi connectivity index (χ2n) is 3.22. The van der Waals surface area contributed by atoms with E-state index in [-0.39, 0.29) is 0 Å². The topological polar surface area (TPSA) is 46.3 Å². The summed E-state index contributed by atoms with van der Waals surface area (Å²) in [7, 11) is 0. The van der Waals surface area contributed by atoms with Crippen molar-refractivity contribution in [2.45, 2.75) is 20.0 Å². The summed E-state index contributed by atoms with van der Waals surface area (Å²) in [5.74, 6) is 0.529. The van der Waals surface area contributed by atoms with Gasteiger partial charge in [-0.2, -0.15) is 0 Å². The molecule has 0 radical (unpaired) electrons. The summed E-state index contributed by atoms with van der Waals surface area (Å²) in [6.45, 7) is 3.81. The minimum absolute atomic E-state index is 0.529. The van der Waals surface area contributed by atoms with Crippen LogP contribution in [-0.2, 0) is 0 Å². The third kappa shape index (κ3) is 2.00. The van der Waals surface area contributed by atoms with Crippen molar-refractivity contribution < 1.29 is 9.52 Å². The number of furan rings is 1. The molecule has 2 rings (SSSR count). The van der Waals surface area contributed by atoms with Gasteiger partial charge in [0.25, 0.3) is 0 Å². The van der Waals surface area contributed by atoms with Crippen LogP contribution in [0.2, 0.25) is 0 Å². The van der Waals surface area contributed by atoms with Crippen LogP contribution in [0.5, 0.6) is 0 Å². The van der Waals surface area contributed by atoms with Crippen molar-refractivity contribution in [3.63, 3.8) is 0 Å². The molecule has 1 N–H and O–H groups in total. The lowest BCUT2D eigenvalue weighted by atomic mass is 10.2. The number of rotatable bonds is 2. The van der Waals surface area contributed by atoms with Gasteiger partial charge in [0.2, 0.25) is 0 Å². The van der Waals surface area contributed by atoms with Crippen molar-refractivity contribution in [2.75, 3.05) is 0 Å². The van der Waals surface area contributed by atoms with Crippen molar-refractivity contribution in [3.05, 3.63) is 38.1 Å². The van der Waals surface area contributed by atoms with Gasteiger partial charge in [0, 0.05) is 0 Å². The van der Waals surface area contributed by atoms with E-state index in [1.54, 1.807) is 12.3 Å². The van der Waals surface area contributed by atoms with Crippen LogP contribution in [0, 0.1) is 13.8 Å². The number of aromatic nitrogens is 1. The fraction of sp³-hybridized carbons (Fsp3) is 0.300. The van der Waals surface area contributed by atoms with Crippen LogP contribution in [0.15, 0.2) is 21.2 Å². The van der Waals surface area contributed by atoms with Crippen molar-refractivity contribution in [2.24, 2.45) is 0 Å². The molecular formula is C10H10BrNO2S. The Morgan fingerprint density at radius 3 is 2.73 bits per heavy atom. The minimum atomic E-state index is -0.736. The maximum atomic E-state index is 10.1. The third-order valence-electron chi connectivity index (χ3n) is 2.08. The molecule has 0 aliphatic rings. The first-order valence-electron chi connectivity index (χ1n) is 4.44. The third-order valence-corrected chi connectivity index (χ3v) is 3.86. The molecule has 0 saturated carbocycles. The van der Waals surface area contributed by atoms with Crippen LogP contribution in [0.3, 0.4) is 0 Å². The van der Waals surface area contributed by atoms with E-state index in [0.29, 0.717) is 5.76 Å². The first-order chi connectivity index (χ1) is 7.09. The van der Waals surface area contributed by atoms with Crippen molar-refractivity contribution in [1.82, 2.24) is 4.98 Å². The Bertz CT molecular complexity index is 477. The van der Waals surface area contributed by atoms with Crippen LogP contribution in [-0.4, -0.2) is 10.1 Å². The predicted molar refractivity (Wildman–Crippen MR) is 62.1 cm³/mol. The molecule has 0 aliphatic heterocycles. The Hall–Kier alpha value is -0.650. The highest BCUT2D eigenvalue weighted by Gasteiger charge is 2.21. The Balaban J connectivity index is 2.40. The first-order valence-corrected chi connectivity index (χ1v) is 6.05. The van der Waals surface area contributed by atoms with Crippen molar-refractivity contribution in [3.8, 4) is 0 Å². The molecule has 15 heavy (non-hydrogen) atoms. The molecule has 0 bridgehead atoms. The van der Waals surface area contributed by atoms with Gasteiger partial charge in [-0.3, -0.25) is 0 Å². The second kappa shape index (κ2) is 4.08. The Morgan fingerprint density at radius 1 is 1.53 bits per heavy atom. The predicted octanol–water partition coefficient (Wildman–Crippen LogP) is 3.20. The van der Waals surface area contributed by atoms with E-state index < -0.39 is 6.10 Å². The van der Waals surface area contributed by atoms with Gasteiger partial charge in [-0.25, -0.2) is 4.98 Å². The second-order valence-corrected chi connectivity index (χ2v) is 5.31. The summed E-state index contributed by atoms with van der Waals surface area (Å²) in [5, 5.41) is 11.1. The number of hydrogen-bond acceptors (Lipinski definition) is 4. The fourth-order valence-corrected chi connectivity index (χ4v) is 2.75. The SMILES string of the molecule is Cc1nc(C)c(C(O)c2occc2Br)s1. The smallest absolute Gasteiger partial charge is 0.151 e. The van der Waals surface area contributed by atoms with E-state index in [2.05, 4.69) is 20.9 Å². The van der Waals surface area contributed by atoms with E-state index >= 15 is 0 Å². The van der Waals surface area contributed by atoms with Crippen molar-refractivity contribution in [1.29, 1.82) is 0 Å². The van der Waals surface area contributed by atoms with Crippen LogP contribution in [0.4, 0.5) is 0 Å². The normalized spacial score (nSPS) is 13.1. The Morgan fingerprint density at radius 2 is 2.27 bits per heavy atom. The zero-order valence-electron chi connectivity index (χ0n) is 8.32. The molecule has 2 heterocycles. The van der Waals surface area contributed by atoms with E-state index in [1.165, 1.54) is 11.3 Å². The molecule has 2 aromatic heterocycles. The quantitative estimate of drug-likeness (QED) is 0.923. The van der Waals surface area contributed by atoms with Gasteiger partial charge in [0.15, 0.2) is 5.76 Å². The van der Waals surface area contributed by atoms with Gasteiger partial charge in [-0.05, 0) is 35.8 Å². The van der Waals surface area contributed by atoms with Crippen molar-refractivity contribution >= 4 is 27.3 Å². The molecule has 2 aromatic rings. The Labute approximate surface area is 99.9 Å². The van der Waals surface area contributed by atoms with E-state index in [1.807, 2.05) is 13.8 Å². The summed E-state index contributed by atoms with van der Waals surface area (Å²) in [6, 6.07) is 1.77. The van der Waals surface area contributed by atoms with Crippen LogP contribution >= 0.6 is 27.3 Å². The molecule has 0 saturated heterocycles. The highest BCUT2D eigenvalue weighted by Crippen LogP contribution is 2.33. The first kappa shape index (κ1) is 10.9. The molecule has 0 aromatic carbocycles. The molecule has 0 spiro atoms. The zero-order chi connectivity index (χ0) is 11.0. The monoisotopic (exact) mass is 287 g/mol. The summed E-state index contributed by atoms with van der Waals surface area (Å²) >= 11 is 4.81. The van der Waals surface area contributed by atoms with Crippen LogP contribution in [0.25, 0.3) is 0 Å². The average Bonchev–Trinajstić information content (AvgIpc) is 2.71. The largest absolute Gasteiger partial charge is 0.465 e. The average molecular weight is 288 g/mol. The fourth-order valence-electron chi connectivity index (χ4n) is 1.42. The molecule has 1 atom stereocenters. The lowest BCUT2D eigenvalue weighted by molar-refractivity contribution is 0.191. The van der Waals surface area contributed by atoms with Gasteiger partial charge in [0.05, 0.1) is 26.3 Å². The molecule has 1 unspecified atom stereocenters. The number of halogens is 1. The lowest BCUT2D eigenvalue weighted by Gasteiger charge is -2.06. The lowest BCUT2D eigenvalue weighted by Crippen LogP contribution is -1.98. The number of nitrogens with zero attached hydrogens (tertiary/aromatic N) is 1. The summed E-state index contributed by atoms with van der Waals surface area (Å²) in [5.41, 5.74) is 0.855. The van der Waals surface area contributed by atoms with Gasteiger partial charge >= 0.3 is 0 Å². The zero-order valence-corrected chi connectivity index (χ0v) is 10.7. The molecular weight excluding hydrogens is 278 g/mol. The van der Waals surface area contributed by atoms with Crippen LogP contribution in [0.1, 0.15) is 27.4 Å². The van der Waals surface area contributed by atoms with Gasteiger partial charge in [-0.15, -0.1) is 11.3 Å². The highest BCUT2D eigenvalue weighted by molar-refractivity contribution is 9.10. The highest BCUT2D eigenvalue weighted by atomic mass is 79.9.